The second-order valence-electron chi connectivity index (χ2n) is 7.55. The number of hydrogen-bond acceptors (Lipinski definition) is 6. The molecule has 2 aromatic carbocycles. The number of anilines is 3. The van der Waals surface area contributed by atoms with E-state index in [1.165, 1.54) is 11.1 Å². The fraction of sp³-hybridized carbons (Fsp3) is 0.250. The van der Waals surface area contributed by atoms with E-state index >= 15 is 0 Å². The van der Waals surface area contributed by atoms with Gasteiger partial charge in [-0.05, 0) is 43.2 Å². The largest absolute Gasteiger partial charge is 0.454 e. The first-order valence-corrected chi connectivity index (χ1v) is 10.5. The van der Waals surface area contributed by atoms with Gasteiger partial charge < -0.3 is 4.74 Å². The number of amides is 2. The molecule has 1 aliphatic rings. The Balaban J connectivity index is 0.00000108. The first-order chi connectivity index (χ1) is 16.7. The number of hydrogen-bond donors (Lipinski definition) is 0. The van der Waals surface area contributed by atoms with Crippen LogP contribution >= 0.6 is 0 Å². The maximum Gasteiger partial charge on any atom is 0.422 e. The molecule has 35 heavy (non-hydrogen) atoms. The van der Waals surface area contributed by atoms with E-state index in [-0.39, 0.29) is 24.5 Å². The van der Waals surface area contributed by atoms with Crippen LogP contribution in [0.2, 0.25) is 0 Å². The standard InChI is InChI=1S/C23H21F3N4O2.CO2/c1-3-16-6-10-19(11-7-16)30-20-17(12-27-21(28-20)32-14-23(24,25)26)13-29(22(30)31)18-8-4-15(2)5-9-18;2-1-3/h4-12H,3,13-14H2,1-2H3;. The first kappa shape index (κ1) is 25.4. The Labute approximate surface area is 199 Å². The topological polar surface area (TPSA) is 92.7 Å². The minimum Gasteiger partial charge on any atom is -0.454 e. The fourth-order valence-corrected chi connectivity index (χ4v) is 3.39. The molecule has 0 aliphatic carbocycles. The van der Waals surface area contributed by atoms with Gasteiger partial charge in [0.05, 0.1) is 12.2 Å². The van der Waals surface area contributed by atoms with Crippen molar-refractivity contribution in [1.29, 1.82) is 0 Å². The highest BCUT2D eigenvalue weighted by Gasteiger charge is 2.35. The van der Waals surface area contributed by atoms with E-state index < -0.39 is 18.8 Å². The molecular weight excluding hydrogens is 465 g/mol. The summed E-state index contributed by atoms with van der Waals surface area (Å²) < 4.78 is 42.4. The van der Waals surface area contributed by atoms with E-state index in [0.29, 0.717) is 16.9 Å². The molecule has 0 bridgehead atoms. The number of carbonyl (C=O) groups excluding carboxylic acids is 3. The molecule has 0 unspecified atom stereocenters. The molecule has 8 nitrogen and oxygen atoms in total. The number of benzene rings is 2. The number of urea groups is 1. The van der Waals surface area contributed by atoms with Crippen LogP contribution < -0.4 is 14.5 Å². The van der Waals surface area contributed by atoms with Crippen molar-refractivity contribution in [1.82, 2.24) is 9.97 Å². The number of rotatable bonds is 5. The Morgan fingerprint density at radius 2 is 1.63 bits per heavy atom. The maximum atomic E-state index is 13.5. The summed E-state index contributed by atoms with van der Waals surface area (Å²) in [5, 5.41) is 0. The van der Waals surface area contributed by atoms with Crippen LogP contribution in [0.25, 0.3) is 0 Å². The minimum atomic E-state index is -4.52. The molecule has 1 aromatic heterocycles. The third-order valence-corrected chi connectivity index (χ3v) is 5.10. The van der Waals surface area contributed by atoms with E-state index in [0.717, 1.165) is 17.5 Å². The molecule has 0 fully saturated rings. The molecule has 0 saturated heterocycles. The van der Waals surface area contributed by atoms with Gasteiger partial charge in [-0.15, -0.1) is 0 Å². The van der Waals surface area contributed by atoms with Gasteiger partial charge in [0.2, 0.25) is 0 Å². The van der Waals surface area contributed by atoms with Gasteiger partial charge in [0.25, 0.3) is 0 Å². The Morgan fingerprint density at radius 3 is 2.20 bits per heavy atom. The normalized spacial score (nSPS) is 12.9. The SMILES string of the molecule is CCc1ccc(N2C(=O)N(c3ccc(C)cc3)Cc3cnc(OCC(F)(F)F)nc32)cc1.O=C=O. The lowest BCUT2D eigenvalue weighted by Gasteiger charge is -2.36. The quantitative estimate of drug-likeness (QED) is 0.505. The Bertz CT molecular complexity index is 1210. The number of carbonyl (C=O) groups is 1. The zero-order chi connectivity index (χ0) is 25.6. The predicted octanol–water partition coefficient (Wildman–Crippen LogP) is 4.98. The summed E-state index contributed by atoms with van der Waals surface area (Å²) in [7, 11) is 0. The van der Waals surface area contributed by atoms with Crippen molar-refractivity contribution in [3.63, 3.8) is 0 Å². The lowest BCUT2D eigenvalue weighted by atomic mass is 10.1. The molecule has 2 heterocycles. The zero-order valence-electron chi connectivity index (χ0n) is 18.9. The van der Waals surface area contributed by atoms with Crippen LogP contribution in [-0.4, -0.2) is 34.9 Å². The summed E-state index contributed by atoms with van der Waals surface area (Å²) >= 11 is 0. The fourth-order valence-electron chi connectivity index (χ4n) is 3.39. The number of aromatic nitrogens is 2. The number of fused-ring (bicyclic) bond motifs is 1. The maximum absolute atomic E-state index is 13.5. The highest BCUT2D eigenvalue weighted by molar-refractivity contribution is 6.10. The van der Waals surface area contributed by atoms with Crippen molar-refractivity contribution in [2.45, 2.75) is 33.0 Å². The van der Waals surface area contributed by atoms with Crippen LogP contribution in [0.1, 0.15) is 23.6 Å². The average molecular weight is 486 g/mol. The molecule has 182 valence electrons. The lowest BCUT2D eigenvalue weighted by molar-refractivity contribution is -0.191. The van der Waals surface area contributed by atoms with Gasteiger partial charge in [-0.3, -0.25) is 4.90 Å². The summed E-state index contributed by atoms with van der Waals surface area (Å²) in [5.41, 5.74) is 3.97. The number of halogens is 3. The van der Waals surface area contributed by atoms with Crippen molar-refractivity contribution in [3.8, 4) is 6.01 Å². The highest BCUT2D eigenvalue weighted by atomic mass is 19.4. The second kappa shape index (κ2) is 10.8. The van der Waals surface area contributed by atoms with Crippen molar-refractivity contribution in [2.24, 2.45) is 0 Å². The van der Waals surface area contributed by atoms with Gasteiger partial charge >= 0.3 is 24.4 Å². The minimum absolute atomic E-state index is 0.181. The Morgan fingerprint density at radius 1 is 1.03 bits per heavy atom. The van der Waals surface area contributed by atoms with Gasteiger partial charge in [0.15, 0.2) is 12.4 Å². The van der Waals surface area contributed by atoms with Crippen LogP contribution in [0.3, 0.4) is 0 Å². The number of ether oxygens (including phenoxy) is 1. The summed E-state index contributed by atoms with van der Waals surface area (Å²) in [6.45, 7) is 2.64. The molecule has 0 N–H and O–H groups in total. The van der Waals surface area contributed by atoms with E-state index in [9.17, 15) is 18.0 Å². The number of alkyl halides is 3. The summed E-state index contributed by atoms with van der Waals surface area (Å²) in [4.78, 5) is 40.8. The number of nitrogens with zero attached hydrogens (tertiary/aromatic N) is 4. The Hall–Kier alpha value is -4.24. The molecule has 0 spiro atoms. The van der Waals surface area contributed by atoms with Crippen LogP contribution in [-0.2, 0) is 22.6 Å². The van der Waals surface area contributed by atoms with Crippen LogP contribution in [0.4, 0.5) is 35.2 Å². The van der Waals surface area contributed by atoms with Crippen molar-refractivity contribution < 1.29 is 32.3 Å². The summed E-state index contributed by atoms with van der Waals surface area (Å²) in [5.74, 6) is 0.204. The van der Waals surface area contributed by atoms with Gasteiger partial charge in [-0.2, -0.15) is 27.7 Å². The van der Waals surface area contributed by atoms with Crippen molar-refractivity contribution >= 4 is 29.4 Å². The van der Waals surface area contributed by atoms with Gasteiger partial charge in [-0.25, -0.2) is 14.7 Å². The third-order valence-electron chi connectivity index (χ3n) is 5.10. The summed E-state index contributed by atoms with van der Waals surface area (Å²) in [6, 6.07) is 14.1. The summed E-state index contributed by atoms with van der Waals surface area (Å²) in [6.07, 6.45) is -2.04. The van der Waals surface area contributed by atoms with Crippen molar-refractivity contribution in [3.05, 3.63) is 71.4 Å². The lowest BCUT2D eigenvalue weighted by Crippen LogP contribution is -2.45. The van der Waals surface area contributed by atoms with Gasteiger partial charge in [0.1, 0.15) is 0 Å². The van der Waals surface area contributed by atoms with Crippen LogP contribution in [0.15, 0.2) is 54.7 Å². The van der Waals surface area contributed by atoms with E-state index in [1.807, 2.05) is 50.2 Å². The third kappa shape index (κ3) is 6.21. The molecule has 3 aromatic rings. The molecule has 1 aliphatic heterocycles. The second-order valence-corrected chi connectivity index (χ2v) is 7.55. The van der Waals surface area contributed by atoms with E-state index in [4.69, 9.17) is 14.3 Å². The van der Waals surface area contributed by atoms with Crippen molar-refractivity contribution in [2.75, 3.05) is 16.4 Å². The first-order valence-electron chi connectivity index (χ1n) is 10.5. The number of aryl methyl sites for hydroxylation is 2. The monoisotopic (exact) mass is 486 g/mol. The van der Waals surface area contributed by atoms with Crippen LogP contribution in [0.5, 0.6) is 6.01 Å². The van der Waals surface area contributed by atoms with Gasteiger partial charge in [-0.1, -0.05) is 36.8 Å². The molecule has 0 atom stereocenters. The molecule has 2 amide bonds. The van der Waals surface area contributed by atoms with E-state index in [2.05, 4.69) is 9.97 Å². The molecule has 0 saturated carbocycles. The molecule has 11 heteroatoms. The molecule has 4 rings (SSSR count). The van der Waals surface area contributed by atoms with E-state index in [1.54, 1.807) is 17.0 Å². The average Bonchev–Trinajstić information content (AvgIpc) is 2.83. The zero-order valence-corrected chi connectivity index (χ0v) is 18.9. The highest BCUT2D eigenvalue weighted by Crippen LogP contribution is 2.36. The van der Waals surface area contributed by atoms with Crippen LogP contribution in [0, 0.1) is 6.92 Å². The van der Waals surface area contributed by atoms with Gasteiger partial charge in [0, 0.05) is 17.4 Å². The predicted molar refractivity (Wildman–Crippen MR) is 119 cm³/mol. The smallest absolute Gasteiger partial charge is 0.422 e. The Kier molecular flexibility index (Phi) is 7.83. The molecule has 0 radical (unpaired) electrons. The molecular formula is C24H21F3N4O4.